The van der Waals surface area contributed by atoms with Gasteiger partial charge in [-0.2, -0.15) is 0 Å². The number of hydrogen-bond donors (Lipinski definition) is 1. The lowest BCUT2D eigenvalue weighted by atomic mass is 10.00. The molecule has 2 aromatic carbocycles. The molecule has 0 aliphatic heterocycles. The lowest BCUT2D eigenvalue weighted by molar-refractivity contribution is 0.305. The second-order valence-electron chi connectivity index (χ2n) is 5.54. The van der Waals surface area contributed by atoms with Crippen LogP contribution in [0.4, 0.5) is 0 Å². The monoisotopic (exact) mass is 326 g/mol. The number of benzene rings is 2. The van der Waals surface area contributed by atoms with Gasteiger partial charge in [0.1, 0.15) is 5.75 Å². The van der Waals surface area contributed by atoms with Gasteiger partial charge < -0.3 is 9.84 Å². The molecule has 0 saturated carbocycles. The topological polar surface area (TPSA) is 29.5 Å². The van der Waals surface area contributed by atoms with Crippen LogP contribution in [0.15, 0.2) is 54.1 Å². The zero-order chi connectivity index (χ0) is 16.4. The third kappa shape index (κ3) is 2.80. The van der Waals surface area contributed by atoms with E-state index in [0.29, 0.717) is 6.42 Å². The fourth-order valence-corrected chi connectivity index (χ4v) is 3.49. The van der Waals surface area contributed by atoms with Gasteiger partial charge in [-0.1, -0.05) is 48.0 Å². The molecule has 0 radical (unpaired) electrons. The van der Waals surface area contributed by atoms with E-state index in [1.165, 1.54) is 0 Å². The van der Waals surface area contributed by atoms with Crippen LogP contribution in [0.25, 0.3) is 16.2 Å². The van der Waals surface area contributed by atoms with Gasteiger partial charge in [0.05, 0.1) is 12.1 Å². The highest BCUT2D eigenvalue weighted by Crippen LogP contribution is 2.47. The van der Waals surface area contributed by atoms with Gasteiger partial charge in [0.2, 0.25) is 0 Å². The minimum absolute atomic E-state index is 0.111. The van der Waals surface area contributed by atoms with Crippen molar-refractivity contribution < 1.29 is 9.84 Å². The first-order valence-corrected chi connectivity index (χ1v) is 8.00. The van der Waals surface area contributed by atoms with E-state index in [-0.39, 0.29) is 6.61 Å². The Morgan fingerprint density at radius 1 is 1.09 bits per heavy atom. The van der Waals surface area contributed by atoms with Gasteiger partial charge in [-0.05, 0) is 53.3 Å². The molecule has 3 rings (SSSR count). The zero-order valence-electron chi connectivity index (χ0n) is 13.3. The zero-order valence-corrected chi connectivity index (χ0v) is 14.0. The van der Waals surface area contributed by atoms with E-state index >= 15 is 0 Å². The van der Waals surface area contributed by atoms with Gasteiger partial charge in [-0.15, -0.1) is 0 Å². The van der Waals surface area contributed by atoms with Gasteiger partial charge in [-0.25, -0.2) is 0 Å². The average molecular weight is 327 g/mol. The lowest BCUT2D eigenvalue weighted by Crippen LogP contribution is -1.91. The van der Waals surface area contributed by atoms with Crippen LogP contribution in [-0.4, -0.2) is 18.8 Å². The van der Waals surface area contributed by atoms with Crippen LogP contribution in [0.1, 0.15) is 30.0 Å². The van der Waals surface area contributed by atoms with E-state index in [9.17, 15) is 5.11 Å². The molecule has 1 aliphatic rings. The van der Waals surface area contributed by atoms with Crippen molar-refractivity contribution in [3.8, 4) is 5.75 Å². The highest BCUT2D eigenvalue weighted by Gasteiger charge is 2.26. The Balaban J connectivity index is 2.23. The molecule has 23 heavy (non-hydrogen) atoms. The molecule has 0 heterocycles. The molecular weight excluding hydrogens is 308 g/mol. The summed E-state index contributed by atoms with van der Waals surface area (Å²) in [5.74, 6) is 0.809. The Hall–Kier alpha value is -2.03. The van der Waals surface area contributed by atoms with Gasteiger partial charge in [-0.3, -0.25) is 0 Å². The third-order valence-corrected chi connectivity index (χ3v) is 4.66. The number of fused-ring (bicyclic) bond motifs is 1. The van der Waals surface area contributed by atoms with Crippen LogP contribution in [-0.2, 0) is 0 Å². The van der Waals surface area contributed by atoms with Gasteiger partial charge in [0, 0.05) is 12.2 Å². The molecule has 0 amide bonds. The van der Waals surface area contributed by atoms with E-state index in [0.717, 1.165) is 44.2 Å². The summed E-state index contributed by atoms with van der Waals surface area (Å²) in [6, 6.07) is 16.0. The first kappa shape index (κ1) is 15.9. The highest BCUT2D eigenvalue weighted by molar-refractivity contribution is 6.53. The molecule has 0 unspecified atom stereocenters. The number of aliphatic hydroxyl groups excluding tert-OH is 1. The summed E-state index contributed by atoms with van der Waals surface area (Å²) >= 11 is 6.73. The first-order valence-electron chi connectivity index (χ1n) is 7.62. The van der Waals surface area contributed by atoms with Gasteiger partial charge in [0.25, 0.3) is 0 Å². The molecule has 0 atom stereocenters. The van der Waals surface area contributed by atoms with E-state index in [1.807, 2.05) is 48.5 Å². The van der Waals surface area contributed by atoms with Gasteiger partial charge in [0.15, 0.2) is 0 Å². The van der Waals surface area contributed by atoms with Crippen LogP contribution < -0.4 is 4.74 Å². The Morgan fingerprint density at radius 3 is 2.48 bits per heavy atom. The maximum Gasteiger partial charge on any atom is 0.119 e. The first-order chi connectivity index (χ1) is 11.2. The summed E-state index contributed by atoms with van der Waals surface area (Å²) in [5.41, 5.74) is 6.48. The smallest absolute Gasteiger partial charge is 0.119 e. The molecule has 0 fully saturated rings. The van der Waals surface area contributed by atoms with Crippen LogP contribution in [0.3, 0.4) is 0 Å². The van der Waals surface area contributed by atoms with E-state index in [1.54, 1.807) is 7.11 Å². The summed E-state index contributed by atoms with van der Waals surface area (Å²) in [5, 5.41) is 10.2. The lowest BCUT2D eigenvalue weighted by Gasteiger charge is -2.09. The Morgan fingerprint density at radius 2 is 1.83 bits per heavy atom. The molecule has 2 nitrogen and oxygen atoms in total. The number of aliphatic hydroxyl groups is 1. The standard InChI is InChI=1S/C20H19ClO2/c1-13-16(10-11-22)18-12-15(23-2)8-9-17(18)19(13)20(21)14-6-4-3-5-7-14/h3-9,12,22H,10-11H2,1-2H3/b20-19-. The Bertz CT molecular complexity index is 789. The van der Waals surface area contributed by atoms with Crippen molar-refractivity contribution in [1.82, 2.24) is 0 Å². The van der Waals surface area contributed by atoms with Crippen molar-refractivity contribution in [3.63, 3.8) is 0 Å². The SMILES string of the molecule is COc1ccc2c(c1)C(CCO)=C(C)/C2=C(/Cl)c1ccccc1. The van der Waals surface area contributed by atoms with Crippen molar-refractivity contribution in [1.29, 1.82) is 0 Å². The molecule has 1 aliphatic carbocycles. The van der Waals surface area contributed by atoms with Crippen molar-refractivity contribution in [3.05, 3.63) is 70.8 Å². The quantitative estimate of drug-likeness (QED) is 0.859. The maximum absolute atomic E-state index is 9.42. The summed E-state index contributed by atoms with van der Waals surface area (Å²) in [6.07, 6.45) is 0.606. The molecular formula is C20H19ClO2. The molecule has 1 N–H and O–H groups in total. The minimum atomic E-state index is 0.111. The number of rotatable bonds is 4. The largest absolute Gasteiger partial charge is 0.497 e. The fraction of sp³-hybridized carbons (Fsp3) is 0.200. The molecule has 0 spiro atoms. The minimum Gasteiger partial charge on any atom is -0.497 e. The number of methoxy groups -OCH3 is 1. The van der Waals surface area contributed by atoms with Crippen LogP contribution in [0.5, 0.6) is 5.75 Å². The van der Waals surface area contributed by atoms with E-state index in [4.69, 9.17) is 16.3 Å². The number of halogens is 1. The summed E-state index contributed by atoms with van der Waals surface area (Å²) in [7, 11) is 1.66. The predicted octanol–water partition coefficient (Wildman–Crippen LogP) is 4.97. The second kappa shape index (κ2) is 6.61. The average Bonchev–Trinajstić information content (AvgIpc) is 2.87. The number of ether oxygens (including phenoxy) is 1. The van der Waals surface area contributed by atoms with Crippen molar-refractivity contribution in [2.24, 2.45) is 0 Å². The predicted molar refractivity (Wildman–Crippen MR) is 96.4 cm³/mol. The van der Waals surface area contributed by atoms with Crippen LogP contribution in [0, 0.1) is 0 Å². The van der Waals surface area contributed by atoms with E-state index < -0.39 is 0 Å². The summed E-state index contributed by atoms with van der Waals surface area (Å²) in [6.45, 7) is 2.18. The van der Waals surface area contributed by atoms with Crippen molar-refractivity contribution in [2.45, 2.75) is 13.3 Å². The molecule has 2 aromatic rings. The Kier molecular flexibility index (Phi) is 4.56. The van der Waals surface area contributed by atoms with Crippen LogP contribution in [0.2, 0.25) is 0 Å². The van der Waals surface area contributed by atoms with Crippen molar-refractivity contribution in [2.75, 3.05) is 13.7 Å². The highest BCUT2D eigenvalue weighted by atomic mass is 35.5. The summed E-state index contributed by atoms with van der Waals surface area (Å²) in [4.78, 5) is 0. The summed E-state index contributed by atoms with van der Waals surface area (Å²) < 4.78 is 5.35. The van der Waals surface area contributed by atoms with E-state index in [2.05, 4.69) is 6.92 Å². The molecule has 118 valence electrons. The fourth-order valence-electron chi connectivity index (χ4n) is 3.12. The normalized spacial score (nSPS) is 15.7. The van der Waals surface area contributed by atoms with Crippen molar-refractivity contribution >= 4 is 27.8 Å². The van der Waals surface area contributed by atoms with Crippen LogP contribution >= 0.6 is 11.6 Å². The maximum atomic E-state index is 9.42. The molecule has 0 bridgehead atoms. The molecule has 3 heteroatoms. The second-order valence-corrected chi connectivity index (χ2v) is 5.92. The molecule has 0 aromatic heterocycles. The third-order valence-electron chi connectivity index (χ3n) is 4.26. The number of allylic oxidation sites excluding steroid dienone is 2. The number of hydrogen-bond acceptors (Lipinski definition) is 2. The Labute approximate surface area is 141 Å². The molecule has 0 saturated heterocycles. The van der Waals surface area contributed by atoms with Gasteiger partial charge >= 0.3 is 0 Å².